The van der Waals surface area contributed by atoms with Crippen molar-refractivity contribution >= 4 is 18.1 Å². The molecule has 0 bridgehead atoms. The van der Waals surface area contributed by atoms with Crippen molar-refractivity contribution in [2.24, 2.45) is 5.92 Å². The molecule has 1 saturated heterocycles. The first-order valence-corrected chi connectivity index (χ1v) is 4.94. The van der Waals surface area contributed by atoms with Gasteiger partial charge in [0.1, 0.15) is 5.54 Å². The molecule has 0 saturated carbocycles. The summed E-state index contributed by atoms with van der Waals surface area (Å²) in [6.07, 6.45) is 0.683. The van der Waals surface area contributed by atoms with Crippen molar-refractivity contribution in [1.29, 1.82) is 0 Å². The number of ketones is 1. The van der Waals surface area contributed by atoms with Crippen molar-refractivity contribution in [3.63, 3.8) is 0 Å². The second kappa shape index (κ2) is 4.00. The van der Waals surface area contributed by atoms with Crippen LogP contribution in [-0.4, -0.2) is 41.6 Å². The number of rotatable bonds is 4. The van der Waals surface area contributed by atoms with E-state index in [1.54, 1.807) is 13.8 Å². The van der Waals surface area contributed by atoms with Gasteiger partial charge in [0.2, 0.25) is 12.3 Å². The van der Waals surface area contributed by atoms with Crippen molar-refractivity contribution in [2.45, 2.75) is 26.3 Å². The van der Waals surface area contributed by atoms with Gasteiger partial charge in [0.25, 0.3) is 0 Å². The van der Waals surface area contributed by atoms with E-state index in [0.29, 0.717) is 6.41 Å². The second-order valence-corrected chi connectivity index (χ2v) is 4.29. The number of hydrogen-bond acceptors (Lipinski definition) is 3. The fourth-order valence-electron chi connectivity index (χ4n) is 1.49. The smallest absolute Gasteiger partial charge is 0.223 e. The molecule has 0 spiro atoms. The summed E-state index contributed by atoms with van der Waals surface area (Å²) in [6.45, 7) is 5.52. The summed E-state index contributed by atoms with van der Waals surface area (Å²) in [5.41, 5.74) is -0.845. The van der Waals surface area contributed by atoms with E-state index in [-0.39, 0.29) is 30.7 Å². The molecule has 5 heteroatoms. The van der Waals surface area contributed by atoms with Crippen LogP contribution in [0, 0.1) is 5.92 Å². The molecule has 15 heavy (non-hydrogen) atoms. The Hall–Kier alpha value is -1.39. The molecule has 0 radical (unpaired) electrons. The number of amides is 2. The lowest BCUT2D eigenvalue weighted by Gasteiger charge is -2.47. The summed E-state index contributed by atoms with van der Waals surface area (Å²) >= 11 is 0. The molecule has 0 aliphatic carbocycles. The Morgan fingerprint density at radius 2 is 1.93 bits per heavy atom. The van der Waals surface area contributed by atoms with Gasteiger partial charge in [-0.1, -0.05) is 13.8 Å². The predicted molar refractivity (Wildman–Crippen MR) is 54.0 cm³/mol. The normalized spacial score (nSPS) is 18.3. The monoisotopic (exact) mass is 212 g/mol. The molecular weight excluding hydrogens is 196 g/mol. The number of nitrogens with one attached hydrogen (secondary N) is 1. The first-order valence-electron chi connectivity index (χ1n) is 4.94. The predicted octanol–water partition coefficient (Wildman–Crippen LogP) is -0.442. The summed E-state index contributed by atoms with van der Waals surface area (Å²) in [6, 6.07) is 0. The lowest BCUT2D eigenvalue weighted by atomic mass is 9.85. The molecule has 1 rings (SSSR count). The fraction of sp³-hybridized carbons (Fsp3) is 0.700. The summed E-state index contributed by atoms with van der Waals surface area (Å²) < 4.78 is 0. The van der Waals surface area contributed by atoms with Crippen LogP contribution in [0.4, 0.5) is 0 Å². The zero-order valence-electron chi connectivity index (χ0n) is 9.24. The van der Waals surface area contributed by atoms with Gasteiger partial charge in [0.15, 0.2) is 5.78 Å². The highest BCUT2D eigenvalue weighted by molar-refractivity contribution is 5.94. The fourth-order valence-corrected chi connectivity index (χ4v) is 1.49. The minimum Gasteiger partial charge on any atom is -0.340 e. The molecule has 2 amide bonds. The van der Waals surface area contributed by atoms with Gasteiger partial charge in [-0.05, 0) is 6.92 Å². The van der Waals surface area contributed by atoms with E-state index >= 15 is 0 Å². The maximum Gasteiger partial charge on any atom is 0.223 e. The van der Waals surface area contributed by atoms with Crippen molar-refractivity contribution < 1.29 is 14.4 Å². The van der Waals surface area contributed by atoms with E-state index < -0.39 is 5.54 Å². The molecule has 1 aliphatic heterocycles. The molecule has 5 nitrogen and oxygen atoms in total. The van der Waals surface area contributed by atoms with Gasteiger partial charge >= 0.3 is 0 Å². The van der Waals surface area contributed by atoms with Gasteiger partial charge in [-0.25, -0.2) is 0 Å². The summed E-state index contributed by atoms with van der Waals surface area (Å²) in [5, 5.41) is 2.70. The molecule has 0 unspecified atom stereocenters. The first kappa shape index (κ1) is 11.7. The van der Waals surface area contributed by atoms with Crippen LogP contribution >= 0.6 is 0 Å². The average Bonchev–Trinajstić information content (AvgIpc) is 2.09. The Morgan fingerprint density at radius 1 is 1.40 bits per heavy atom. The third-order valence-electron chi connectivity index (χ3n) is 2.66. The van der Waals surface area contributed by atoms with E-state index in [9.17, 15) is 14.4 Å². The first-order chi connectivity index (χ1) is 6.91. The number of hydrogen-bond donors (Lipinski definition) is 1. The van der Waals surface area contributed by atoms with Gasteiger partial charge in [-0.3, -0.25) is 14.4 Å². The van der Waals surface area contributed by atoms with E-state index in [1.807, 2.05) is 0 Å². The van der Waals surface area contributed by atoms with E-state index in [1.165, 1.54) is 11.8 Å². The zero-order valence-corrected chi connectivity index (χ0v) is 9.24. The Bertz CT molecular complexity index is 293. The minimum absolute atomic E-state index is 0.102. The highest BCUT2D eigenvalue weighted by Gasteiger charge is 2.48. The van der Waals surface area contributed by atoms with Crippen LogP contribution in [0.2, 0.25) is 0 Å². The van der Waals surface area contributed by atoms with Crippen LogP contribution in [0.5, 0.6) is 0 Å². The molecule has 0 aromatic carbocycles. The van der Waals surface area contributed by atoms with Gasteiger partial charge in [0, 0.05) is 5.92 Å². The van der Waals surface area contributed by atoms with Crippen molar-refractivity contribution in [3.05, 3.63) is 0 Å². The Morgan fingerprint density at radius 3 is 2.27 bits per heavy atom. The summed E-state index contributed by atoms with van der Waals surface area (Å²) in [7, 11) is 0. The maximum atomic E-state index is 11.5. The molecule has 84 valence electrons. The quantitative estimate of drug-likeness (QED) is 0.642. The number of carbonyl (C=O) groups excluding carboxylic acids is 3. The average molecular weight is 212 g/mol. The van der Waals surface area contributed by atoms with Crippen molar-refractivity contribution in [3.8, 4) is 0 Å². The molecule has 1 aliphatic rings. The third-order valence-corrected chi connectivity index (χ3v) is 2.66. The van der Waals surface area contributed by atoms with Crippen LogP contribution in [0.1, 0.15) is 20.8 Å². The van der Waals surface area contributed by atoms with Crippen molar-refractivity contribution in [2.75, 3.05) is 13.1 Å². The Kier molecular flexibility index (Phi) is 3.12. The summed E-state index contributed by atoms with van der Waals surface area (Å²) in [4.78, 5) is 34.8. The highest BCUT2D eigenvalue weighted by atomic mass is 16.2. The van der Waals surface area contributed by atoms with Crippen LogP contribution in [0.3, 0.4) is 0 Å². The minimum atomic E-state index is -0.845. The molecule has 0 atom stereocenters. The van der Waals surface area contributed by atoms with E-state index in [4.69, 9.17) is 0 Å². The summed E-state index contributed by atoms with van der Waals surface area (Å²) in [5.74, 6) is -0.420. The molecule has 1 N–H and O–H groups in total. The Labute approximate surface area is 88.8 Å². The van der Waals surface area contributed by atoms with Gasteiger partial charge in [-0.15, -0.1) is 0 Å². The molecule has 0 aromatic heterocycles. The topological polar surface area (TPSA) is 66.5 Å². The van der Waals surface area contributed by atoms with E-state index in [2.05, 4.69) is 5.32 Å². The van der Waals surface area contributed by atoms with Crippen molar-refractivity contribution in [1.82, 2.24) is 10.2 Å². The number of nitrogens with zero attached hydrogens (tertiary/aromatic N) is 1. The van der Waals surface area contributed by atoms with Gasteiger partial charge < -0.3 is 10.2 Å². The maximum absolute atomic E-state index is 11.5. The van der Waals surface area contributed by atoms with E-state index in [0.717, 1.165) is 0 Å². The number of carbonyl (C=O) groups is 3. The van der Waals surface area contributed by atoms with Gasteiger partial charge in [0.05, 0.1) is 13.1 Å². The van der Waals surface area contributed by atoms with Crippen LogP contribution < -0.4 is 5.32 Å². The molecule has 0 aromatic rings. The lowest BCUT2D eigenvalue weighted by Crippen LogP contribution is -2.73. The van der Waals surface area contributed by atoms with Crippen LogP contribution in [-0.2, 0) is 14.4 Å². The second-order valence-electron chi connectivity index (χ2n) is 4.29. The zero-order chi connectivity index (χ0) is 11.6. The number of Topliss-reactive ketones (excluding diaryl/α,β-unsaturated/α-hetero) is 1. The van der Waals surface area contributed by atoms with Crippen LogP contribution in [0.15, 0.2) is 0 Å². The van der Waals surface area contributed by atoms with Gasteiger partial charge in [-0.2, -0.15) is 0 Å². The lowest BCUT2D eigenvalue weighted by molar-refractivity contribution is -0.143. The van der Waals surface area contributed by atoms with Crippen LogP contribution in [0.25, 0.3) is 0 Å². The molecular formula is C10H16N2O3. The largest absolute Gasteiger partial charge is 0.340 e. The molecule has 1 heterocycles. The number of likely N-dealkylation sites (tertiary alicyclic amines) is 1. The standard InChI is InChI=1S/C10H16N2O3/c1-7(2)9(15)11-10(8(3)14)4-12(5-10)6-13/h6-7H,4-5H2,1-3H3,(H,11,15). The molecule has 1 fully saturated rings. The Balaban J connectivity index is 2.66. The highest BCUT2D eigenvalue weighted by Crippen LogP contribution is 2.21. The third kappa shape index (κ3) is 2.16. The SMILES string of the molecule is CC(=O)C1(NC(=O)C(C)C)CN(C=O)C1.